The number of nitrogens with one attached hydrogen (secondary N) is 1. The molecule has 1 aliphatic rings. The maximum absolute atomic E-state index is 12.1. The lowest BCUT2D eigenvalue weighted by molar-refractivity contribution is -0.132. The Morgan fingerprint density at radius 1 is 1.32 bits per heavy atom. The van der Waals surface area contributed by atoms with Gasteiger partial charge in [-0.25, -0.2) is 5.10 Å². The van der Waals surface area contributed by atoms with E-state index in [4.69, 9.17) is 11.6 Å². The summed E-state index contributed by atoms with van der Waals surface area (Å²) in [5, 5.41) is 6.28. The van der Waals surface area contributed by atoms with E-state index in [-0.39, 0.29) is 16.5 Å². The van der Waals surface area contributed by atoms with Crippen LogP contribution < -0.4 is 10.5 Å². The van der Waals surface area contributed by atoms with Crippen molar-refractivity contribution in [3.63, 3.8) is 0 Å². The number of likely N-dealkylation sites (N-methyl/N-ethyl adjacent to an activating group) is 1. The van der Waals surface area contributed by atoms with Gasteiger partial charge in [-0.3, -0.25) is 14.5 Å². The molecule has 1 fully saturated rings. The summed E-state index contributed by atoms with van der Waals surface area (Å²) in [4.78, 5) is 29.6. The molecule has 122 valence electrons. The topological polar surface area (TPSA) is 72.5 Å². The lowest BCUT2D eigenvalue weighted by Crippen LogP contribution is -2.50. The van der Waals surface area contributed by atoms with Gasteiger partial charge < -0.3 is 9.80 Å². The molecule has 0 atom stereocenters. The minimum atomic E-state index is -0.377. The Balaban J connectivity index is 1.92. The van der Waals surface area contributed by atoms with Gasteiger partial charge in [-0.15, -0.1) is 0 Å². The normalized spacial score (nSPS) is 15.9. The minimum absolute atomic E-state index is 0.161. The second-order valence-corrected chi connectivity index (χ2v) is 5.61. The number of aromatic amines is 1. The van der Waals surface area contributed by atoms with Crippen molar-refractivity contribution in [1.82, 2.24) is 20.0 Å². The van der Waals surface area contributed by atoms with E-state index in [1.165, 1.54) is 0 Å². The summed E-state index contributed by atoms with van der Waals surface area (Å²) in [5.74, 6) is 0.161. The maximum atomic E-state index is 12.1. The molecule has 0 aliphatic carbocycles. The fourth-order valence-electron chi connectivity index (χ4n) is 2.61. The third kappa shape index (κ3) is 3.78. The Morgan fingerprint density at radius 3 is 2.55 bits per heavy atom. The van der Waals surface area contributed by atoms with Crippen molar-refractivity contribution < 1.29 is 4.79 Å². The van der Waals surface area contributed by atoms with Gasteiger partial charge in [0.05, 0.1) is 18.4 Å². The monoisotopic (exact) mass is 327 g/mol. The summed E-state index contributed by atoms with van der Waals surface area (Å²) in [6, 6.07) is 0. The van der Waals surface area contributed by atoms with E-state index < -0.39 is 0 Å². The highest BCUT2D eigenvalue weighted by molar-refractivity contribution is 6.32. The number of carbonyl (C=O) groups is 1. The average molecular weight is 328 g/mol. The molecule has 0 aromatic carbocycles. The van der Waals surface area contributed by atoms with Crippen molar-refractivity contribution in [2.75, 3.05) is 50.7 Å². The maximum Gasteiger partial charge on any atom is 0.285 e. The van der Waals surface area contributed by atoms with Crippen LogP contribution in [0.15, 0.2) is 11.0 Å². The number of piperazine rings is 1. The van der Waals surface area contributed by atoms with Gasteiger partial charge in [-0.1, -0.05) is 11.6 Å². The van der Waals surface area contributed by atoms with Gasteiger partial charge in [0.1, 0.15) is 5.02 Å². The quantitative estimate of drug-likeness (QED) is 0.848. The molecule has 0 saturated carbocycles. The van der Waals surface area contributed by atoms with E-state index in [1.807, 2.05) is 23.6 Å². The predicted molar refractivity (Wildman–Crippen MR) is 86.4 cm³/mol. The molecular formula is C14H22ClN5O2. The van der Waals surface area contributed by atoms with Crippen molar-refractivity contribution in [2.45, 2.75) is 13.8 Å². The highest BCUT2D eigenvalue weighted by atomic mass is 35.5. The zero-order valence-electron chi connectivity index (χ0n) is 13.0. The summed E-state index contributed by atoms with van der Waals surface area (Å²) in [6.45, 7) is 8.85. The number of hydrogen-bond donors (Lipinski definition) is 1. The van der Waals surface area contributed by atoms with Crippen molar-refractivity contribution in [3.05, 3.63) is 21.6 Å². The molecule has 1 aliphatic heterocycles. The Labute approximate surface area is 134 Å². The van der Waals surface area contributed by atoms with Gasteiger partial charge in [0.15, 0.2) is 0 Å². The Morgan fingerprint density at radius 2 is 1.95 bits per heavy atom. The molecular weight excluding hydrogens is 306 g/mol. The molecule has 1 N–H and O–H groups in total. The number of H-pyrrole nitrogens is 1. The van der Waals surface area contributed by atoms with Gasteiger partial charge in [0.2, 0.25) is 5.91 Å². The van der Waals surface area contributed by atoms with Crippen molar-refractivity contribution >= 4 is 23.2 Å². The molecule has 1 amide bonds. The van der Waals surface area contributed by atoms with Crippen LogP contribution in [0.1, 0.15) is 13.8 Å². The van der Waals surface area contributed by atoms with Crippen LogP contribution in [0, 0.1) is 0 Å². The summed E-state index contributed by atoms with van der Waals surface area (Å²) < 4.78 is 0. The molecule has 2 heterocycles. The van der Waals surface area contributed by atoms with Gasteiger partial charge in [-0.2, -0.15) is 5.10 Å². The smallest absolute Gasteiger partial charge is 0.285 e. The highest BCUT2D eigenvalue weighted by Gasteiger charge is 2.22. The van der Waals surface area contributed by atoms with Crippen LogP contribution in [0.5, 0.6) is 0 Å². The van der Waals surface area contributed by atoms with E-state index in [9.17, 15) is 9.59 Å². The first kappa shape index (κ1) is 16.8. The van der Waals surface area contributed by atoms with Gasteiger partial charge in [0.25, 0.3) is 5.56 Å². The van der Waals surface area contributed by atoms with E-state index in [0.717, 1.165) is 39.3 Å². The van der Waals surface area contributed by atoms with Crippen LogP contribution >= 0.6 is 11.6 Å². The lowest BCUT2D eigenvalue weighted by Gasteiger charge is -2.36. The summed E-state index contributed by atoms with van der Waals surface area (Å²) >= 11 is 6.03. The van der Waals surface area contributed by atoms with Gasteiger partial charge >= 0.3 is 0 Å². The second kappa shape index (κ2) is 7.60. The number of halogens is 1. The third-order valence-corrected chi connectivity index (χ3v) is 4.33. The zero-order chi connectivity index (χ0) is 16.1. The third-order valence-electron chi connectivity index (χ3n) is 3.97. The minimum Gasteiger partial charge on any atom is -0.366 e. The van der Waals surface area contributed by atoms with E-state index in [0.29, 0.717) is 12.2 Å². The molecule has 0 unspecified atom stereocenters. The highest BCUT2D eigenvalue weighted by Crippen LogP contribution is 2.21. The lowest BCUT2D eigenvalue weighted by atomic mass is 10.2. The number of hydrogen-bond acceptors (Lipinski definition) is 5. The summed E-state index contributed by atoms with van der Waals surface area (Å²) in [7, 11) is 0. The van der Waals surface area contributed by atoms with Crippen molar-refractivity contribution in [2.24, 2.45) is 0 Å². The standard InChI is InChI=1S/C14H22ClN5O2/c1-3-19(4-2)12(21)10-18-5-7-20(8-6-18)11-9-16-17-14(22)13(11)15/h9H,3-8,10H2,1-2H3,(H,17,22). The fourth-order valence-corrected chi connectivity index (χ4v) is 2.82. The Hall–Kier alpha value is -1.60. The average Bonchev–Trinajstić information content (AvgIpc) is 2.52. The van der Waals surface area contributed by atoms with E-state index >= 15 is 0 Å². The number of carbonyl (C=O) groups excluding carboxylic acids is 1. The van der Waals surface area contributed by atoms with E-state index in [2.05, 4.69) is 15.1 Å². The first-order chi connectivity index (χ1) is 10.6. The van der Waals surface area contributed by atoms with Crippen LogP contribution in [0.2, 0.25) is 5.02 Å². The van der Waals surface area contributed by atoms with E-state index in [1.54, 1.807) is 6.20 Å². The molecule has 2 rings (SSSR count). The Kier molecular flexibility index (Phi) is 5.79. The van der Waals surface area contributed by atoms with Crippen LogP contribution in [0.4, 0.5) is 5.69 Å². The number of nitrogens with zero attached hydrogens (tertiary/aromatic N) is 4. The number of amides is 1. The largest absolute Gasteiger partial charge is 0.366 e. The summed E-state index contributed by atoms with van der Waals surface area (Å²) in [5.41, 5.74) is 0.276. The van der Waals surface area contributed by atoms with Gasteiger partial charge in [0, 0.05) is 39.3 Å². The van der Waals surface area contributed by atoms with Crippen LogP contribution in [0.25, 0.3) is 0 Å². The van der Waals surface area contributed by atoms with Crippen LogP contribution in [0.3, 0.4) is 0 Å². The molecule has 0 spiro atoms. The van der Waals surface area contributed by atoms with Gasteiger partial charge in [-0.05, 0) is 13.8 Å². The first-order valence-corrected chi connectivity index (χ1v) is 7.92. The molecule has 0 bridgehead atoms. The summed E-state index contributed by atoms with van der Waals surface area (Å²) in [6.07, 6.45) is 1.57. The predicted octanol–water partition coefficient (Wildman–Crippen LogP) is 0.414. The Bertz CT molecular complexity index is 565. The van der Waals surface area contributed by atoms with Crippen molar-refractivity contribution in [1.29, 1.82) is 0 Å². The van der Waals surface area contributed by atoms with Crippen molar-refractivity contribution in [3.8, 4) is 0 Å². The first-order valence-electron chi connectivity index (χ1n) is 7.55. The number of anilines is 1. The van der Waals surface area contributed by atoms with Crippen LogP contribution in [-0.4, -0.2) is 71.7 Å². The molecule has 1 aromatic heterocycles. The molecule has 8 heteroatoms. The molecule has 1 aromatic rings. The fraction of sp³-hybridized carbons (Fsp3) is 0.643. The van der Waals surface area contributed by atoms with Crippen LogP contribution in [-0.2, 0) is 4.79 Å². The number of rotatable bonds is 5. The molecule has 7 nitrogen and oxygen atoms in total. The molecule has 22 heavy (non-hydrogen) atoms. The molecule has 1 saturated heterocycles. The molecule has 0 radical (unpaired) electrons. The zero-order valence-corrected chi connectivity index (χ0v) is 13.8. The number of aromatic nitrogens is 2. The second-order valence-electron chi connectivity index (χ2n) is 5.23. The SMILES string of the molecule is CCN(CC)C(=O)CN1CCN(c2cn[nH]c(=O)c2Cl)CC1.